The summed E-state index contributed by atoms with van der Waals surface area (Å²) in [7, 11) is 0. The molecule has 2 nitrogen and oxygen atoms in total. The van der Waals surface area contributed by atoms with Gasteiger partial charge in [0.2, 0.25) is 0 Å². The third-order valence-electron chi connectivity index (χ3n) is 11.2. The number of aromatic nitrogens is 1. The van der Waals surface area contributed by atoms with Crippen molar-refractivity contribution in [3.8, 4) is 33.4 Å². The second-order valence-corrected chi connectivity index (χ2v) is 13.8. The van der Waals surface area contributed by atoms with E-state index in [0.717, 1.165) is 49.7 Å². The van der Waals surface area contributed by atoms with Gasteiger partial charge in [-0.25, -0.2) is 0 Å². The lowest BCUT2D eigenvalue weighted by Gasteiger charge is -2.35. The molecule has 0 N–H and O–H groups in total. The summed E-state index contributed by atoms with van der Waals surface area (Å²) in [4.78, 5) is 5.04. The molecule has 0 bridgehead atoms. The molecular weight excluding hydrogens is 631 g/mol. The summed E-state index contributed by atoms with van der Waals surface area (Å²) >= 11 is 0. The van der Waals surface area contributed by atoms with Crippen molar-refractivity contribution in [3.63, 3.8) is 0 Å². The Balaban J connectivity index is 1.26. The molecule has 0 fully saturated rings. The van der Waals surface area contributed by atoms with E-state index in [1.165, 1.54) is 49.5 Å². The minimum absolute atomic E-state index is 0.600. The van der Waals surface area contributed by atoms with Crippen LogP contribution in [0.5, 0.6) is 0 Å². The highest BCUT2D eigenvalue weighted by Gasteiger charge is 2.48. The molecule has 242 valence electrons. The molecule has 52 heavy (non-hydrogen) atoms. The Labute approximate surface area is 301 Å². The van der Waals surface area contributed by atoms with E-state index in [4.69, 9.17) is 9.40 Å². The molecule has 0 spiro atoms. The van der Waals surface area contributed by atoms with Crippen molar-refractivity contribution in [2.24, 2.45) is 0 Å². The number of benzene rings is 8. The van der Waals surface area contributed by atoms with Gasteiger partial charge in [0, 0.05) is 38.9 Å². The second-order valence-electron chi connectivity index (χ2n) is 13.8. The predicted octanol–water partition coefficient (Wildman–Crippen LogP) is 13.0. The molecule has 1 aliphatic rings. The molecule has 11 rings (SSSR count). The van der Waals surface area contributed by atoms with Crippen LogP contribution >= 0.6 is 0 Å². The van der Waals surface area contributed by atoms with Gasteiger partial charge < -0.3 is 4.42 Å². The van der Waals surface area contributed by atoms with Crippen LogP contribution < -0.4 is 0 Å². The van der Waals surface area contributed by atoms with Gasteiger partial charge in [-0.15, -0.1) is 0 Å². The molecular formula is C50H31NO. The summed E-state index contributed by atoms with van der Waals surface area (Å²) in [6, 6.07) is 65.8. The lowest BCUT2D eigenvalue weighted by atomic mass is 9.66. The van der Waals surface area contributed by atoms with Crippen LogP contribution in [0.2, 0.25) is 0 Å². The summed E-state index contributed by atoms with van der Waals surface area (Å²) in [5.74, 6) is 0. The highest BCUT2D eigenvalue weighted by atomic mass is 16.3. The summed E-state index contributed by atoms with van der Waals surface area (Å²) in [6.07, 6.45) is 1.92. The van der Waals surface area contributed by atoms with Gasteiger partial charge in [0.15, 0.2) is 0 Å². The number of rotatable bonds is 4. The van der Waals surface area contributed by atoms with E-state index in [0.29, 0.717) is 0 Å². The fraction of sp³-hybridized carbons (Fsp3) is 0.0200. The van der Waals surface area contributed by atoms with Crippen LogP contribution in [0.4, 0.5) is 0 Å². The first kappa shape index (κ1) is 29.0. The van der Waals surface area contributed by atoms with Crippen molar-refractivity contribution in [1.29, 1.82) is 0 Å². The number of fused-ring (bicyclic) bond motifs is 11. The van der Waals surface area contributed by atoms with Crippen LogP contribution in [0, 0.1) is 0 Å². The molecule has 2 heterocycles. The van der Waals surface area contributed by atoms with Gasteiger partial charge >= 0.3 is 0 Å². The molecule has 2 heteroatoms. The van der Waals surface area contributed by atoms with Crippen LogP contribution in [0.1, 0.15) is 22.3 Å². The van der Waals surface area contributed by atoms with Crippen LogP contribution in [-0.4, -0.2) is 4.98 Å². The summed E-state index contributed by atoms with van der Waals surface area (Å²) in [5.41, 5.74) is 14.2. The smallest absolute Gasteiger partial charge is 0.143 e. The van der Waals surface area contributed by atoms with E-state index >= 15 is 0 Å². The number of furan rings is 1. The molecule has 0 atom stereocenters. The van der Waals surface area contributed by atoms with Crippen molar-refractivity contribution in [3.05, 3.63) is 210 Å². The number of pyridine rings is 1. The molecule has 0 saturated carbocycles. The molecule has 0 radical (unpaired) electrons. The largest absolute Gasteiger partial charge is 0.455 e. The van der Waals surface area contributed by atoms with Crippen LogP contribution in [0.25, 0.3) is 77.0 Å². The molecule has 0 saturated heterocycles. The molecule has 2 aromatic heterocycles. The van der Waals surface area contributed by atoms with Gasteiger partial charge in [0.1, 0.15) is 11.2 Å². The van der Waals surface area contributed by atoms with Gasteiger partial charge in [-0.3, -0.25) is 4.98 Å². The molecule has 0 aliphatic heterocycles. The highest BCUT2D eigenvalue weighted by Crippen LogP contribution is 2.60. The van der Waals surface area contributed by atoms with Crippen molar-refractivity contribution in [2.45, 2.75) is 5.41 Å². The van der Waals surface area contributed by atoms with Gasteiger partial charge in [-0.1, -0.05) is 170 Å². The number of hydrogen-bond donors (Lipinski definition) is 0. The maximum Gasteiger partial charge on any atom is 0.143 e. The van der Waals surface area contributed by atoms with E-state index in [2.05, 4.69) is 182 Å². The normalized spacial score (nSPS) is 13.2. The van der Waals surface area contributed by atoms with Gasteiger partial charge in [0.25, 0.3) is 0 Å². The Bertz CT molecular complexity index is 2960. The molecule has 1 aliphatic carbocycles. The van der Waals surface area contributed by atoms with Crippen molar-refractivity contribution in [1.82, 2.24) is 4.98 Å². The topological polar surface area (TPSA) is 26.0 Å². The first-order chi connectivity index (χ1) is 25.8. The van der Waals surface area contributed by atoms with E-state index in [1.807, 2.05) is 6.20 Å². The average molecular weight is 662 g/mol. The van der Waals surface area contributed by atoms with Crippen molar-refractivity contribution >= 4 is 43.6 Å². The van der Waals surface area contributed by atoms with Crippen molar-refractivity contribution in [2.75, 3.05) is 0 Å². The Morgan fingerprint density at radius 2 is 0.962 bits per heavy atom. The van der Waals surface area contributed by atoms with Gasteiger partial charge in [-0.2, -0.15) is 0 Å². The zero-order valence-electron chi connectivity index (χ0n) is 28.3. The average Bonchev–Trinajstić information content (AvgIpc) is 3.76. The minimum Gasteiger partial charge on any atom is -0.455 e. The fourth-order valence-electron chi connectivity index (χ4n) is 9.08. The lowest BCUT2D eigenvalue weighted by Crippen LogP contribution is -2.29. The molecule has 10 aromatic rings. The number of nitrogens with zero attached hydrogens (tertiary/aromatic N) is 1. The number of para-hydroxylation sites is 2. The third-order valence-corrected chi connectivity index (χ3v) is 11.2. The highest BCUT2D eigenvalue weighted by molar-refractivity contribution is 6.18. The maximum atomic E-state index is 6.93. The summed E-state index contributed by atoms with van der Waals surface area (Å²) < 4.78 is 6.93. The lowest BCUT2D eigenvalue weighted by molar-refractivity contribution is 0.671. The summed E-state index contributed by atoms with van der Waals surface area (Å²) in [5, 5.41) is 5.81. The molecule has 0 amide bonds. The zero-order chi connectivity index (χ0) is 34.2. The van der Waals surface area contributed by atoms with Crippen LogP contribution in [-0.2, 0) is 5.41 Å². The van der Waals surface area contributed by atoms with E-state index in [-0.39, 0.29) is 0 Å². The third kappa shape index (κ3) is 3.92. The first-order valence-electron chi connectivity index (χ1n) is 17.9. The second kappa shape index (κ2) is 11.1. The standard InChI is InChI=1S/C50H31NO/c1-4-15-32(16-5-1)36-23-12-25-40-41-26-13-24-37(49(41)52-48(36)40)33-28-29-42-44(31-33)50(34-17-6-2-7-18-34,35-19-8-3-9-20-35)46-43-27-14-30-51-47(43)39-22-11-10-21-38(39)45(42)46/h1-31H. The van der Waals surface area contributed by atoms with E-state index in [9.17, 15) is 0 Å². The minimum atomic E-state index is -0.600. The van der Waals surface area contributed by atoms with E-state index in [1.54, 1.807) is 0 Å². The SMILES string of the molecule is c1ccc(-c2cccc3c2oc2c(-c4ccc5c(c4)C(c4ccccc4)(c4ccccc4)c4c-5c5ccccc5c5ncccc45)cccc23)cc1. The summed E-state index contributed by atoms with van der Waals surface area (Å²) in [6.45, 7) is 0. The Morgan fingerprint density at radius 1 is 0.404 bits per heavy atom. The fourth-order valence-corrected chi connectivity index (χ4v) is 9.08. The quantitative estimate of drug-likeness (QED) is 0.175. The first-order valence-corrected chi connectivity index (χ1v) is 17.9. The Morgan fingerprint density at radius 3 is 1.63 bits per heavy atom. The van der Waals surface area contributed by atoms with Crippen LogP contribution in [0.15, 0.2) is 193 Å². The van der Waals surface area contributed by atoms with Crippen molar-refractivity contribution < 1.29 is 4.42 Å². The monoisotopic (exact) mass is 661 g/mol. The Kier molecular flexibility index (Phi) is 6.20. The maximum absolute atomic E-state index is 6.93. The van der Waals surface area contributed by atoms with Crippen LogP contribution in [0.3, 0.4) is 0 Å². The zero-order valence-corrected chi connectivity index (χ0v) is 28.3. The molecule has 8 aromatic carbocycles. The predicted molar refractivity (Wildman–Crippen MR) is 215 cm³/mol. The van der Waals surface area contributed by atoms with E-state index < -0.39 is 5.41 Å². The van der Waals surface area contributed by atoms with Gasteiger partial charge in [0.05, 0.1) is 10.9 Å². The molecule has 0 unspecified atom stereocenters. The number of hydrogen-bond acceptors (Lipinski definition) is 2. The Hall–Kier alpha value is -6.77. The van der Waals surface area contributed by atoms with Gasteiger partial charge in [-0.05, 0) is 62.0 Å².